The molecule has 0 saturated heterocycles. The van der Waals surface area contributed by atoms with E-state index in [9.17, 15) is 9.59 Å². The predicted octanol–water partition coefficient (Wildman–Crippen LogP) is 2.77. The summed E-state index contributed by atoms with van der Waals surface area (Å²) in [4.78, 5) is 23.1. The Morgan fingerprint density at radius 2 is 1.70 bits per heavy atom. The first-order chi connectivity index (χ1) is 13.0. The van der Waals surface area contributed by atoms with Crippen molar-refractivity contribution in [2.24, 2.45) is 0 Å². The van der Waals surface area contributed by atoms with E-state index in [0.29, 0.717) is 22.9 Å². The SMILES string of the molecule is COCC(=O)Nc1ccc(Oc2ccccc2)cc1NC(=N)NC(=O)OC. The number of guanidine groups is 1. The third kappa shape index (κ3) is 6.33. The number of para-hydroxylation sites is 1. The van der Waals surface area contributed by atoms with E-state index in [2.05, 4.69) is 20.7 Å². The predicted molar refractivity (Wildman–Crippen MR) is 100 cm³/mol. The van der Waals surface area contributed by atoms with Gasteiger partial charge in [-0.25, -0.2) is 4.79 Å². The first-order valence-corrected chi connectivity index (χ1v) is 7.88. The van der Waals surface area contributed by atoms with Gasteiger partial charge in [-0.05, 0) is 24.3 Å². The van der Waals surface area contributed by atoms with Crippen LogP contribution in [-0.2, 0) is 14.3 Å². The fourth-order valence-electron chi connectivity index (χ4n) is 2.06. The van der Waals surface area contributed by atoms with Crippen LogP contribution in [0.3, 0.4) is 0 Å². The Balaban J connectivity index is 2.23. The van der Waals surface area contributed by atoms with Gasteiger partial charge in [0, 0.05) is 13.2 Å². The quantitative estimate of drug-likeness (QED) is 0.457. The highest BCUT2D eigenvalue weighted by Crippen LogP contribution is 2.30. The molecule has 0 aromatic heterocycles. The first-order valence-electron chi connectivity index (χ1n) is 7.88. The lowest BCUT2D eigenvalue weighted by atomic mass is 10.2. The van der Waals surface area contributed by atoms with Crippen LogP contribution in [0.2, 0.25) is 0 Å². The molecule has 0 aliphatic carbocycles. The van der Waals surface area contributed by atoms with E-state index in [4.69, 9.17) is 14.9 Å². The second-order valence-electron chi connectivity index (χ2n) is 5.22. The zero-order chi connectivity index (χ0) is 19.6. The maximum Gasteiger partial charge on any atom is 0.413 e. The number of carbonyl (C=O) groups is 2. The lowest BCUT2D eigenvalue weighted by Crippen LogP contribution is -2.35. The summed E-state index contributed by atoms with van der Waals surface area (Å²) in [5.74, 6) is 0.396. The Bertz CT molecular complexity index is 811. The van der Waals surface area contributed by atoms with Crippen LogP contribution in [0.5, 0.6) is 11.5 Å². The molecule has 0 spiro atoms. The molecule has 9 heteroatoms. The maximum absolute atomic E-state index is 11.8. The number of benzene rings is 2. The number of ether oxygens (including phenoxy) is 3. The molecule has 27 heavy (non-hydrogen) atoms. The van der Waals surface area contributed by atoms with Crippen molar-refractivity contribution in [1.82, 2.24) is 5.32 Å². The van der Waals surface area contributed by atoms with Gasteiger partial charge in [0.25, 0.3) is 0 Å². The maximum atomic E-state index is 11.8. The Morgan fingerprint density at radius 1 is 0.963 bits per heavy atom. The summed E-state index contributed by atoms with van der Waals surface area (Å²) >= 11 is 0. The number of carbonyl (C=O) groups excluding carboxylic acids is 2. The van der Waals surface area contributed by atoms with Gasteiger partial charge in [0.1, 0.15) is 18.1 Å². The zero-order valence-corrected chi connectivity index (χ0v) is 14.9. The molecule has 4 N–H and O–H groups in total. The van der Waals surface area contributed by atoms with Gasteiger partial charge < -0.3 is 24.8 Å². The van der Waals surface area contributed by atoms with Gasteiger partial charge >= 0.3 is 6.09 Å². The third-order valence-corrected chi connectivity index (χ3v) is 3.19. The van der Waals surface area contributed by atoms with Crippen molar-refractivity contribution < 1.29 is 23.8 Å². The molecule has 2 rings (SSSR count). The molecule has 0 bridgehead atoms. The zero-order valence-electron chi connectivity index (χ0n) is 14.9. The molecule has 9 nitrogen and oxygen atoms in total. The second kappa shape index (κ2) is 9.78. The smallest absolute Gasteiger partial charge is 0.413 e. The third-order valence-electron chi connectivity index (χ3n) is 3.19. The van der Waals surface area contributed by atoms with E-state index in [1.54, 1.807) is 30.3 Å². The van der Waals surface area contributed by atoms with Gasteiger partial charge in [-0.2, -0.15) is 0 Å². The van der Waals surface area contributed by atoms with Crippen molar-refractivity contribution in [2.45, 2.75) is 0 Å². The van der Waals surface area contributed by atoms with Gasteiger partial charge in [-0.1, -0.05) is 18.2 Å². The van der Waals surface area contributed by atoms with Crippen molar-refractivity contribution in [1.29, 1.82) is 5.41 Å². The number of alkyl carbamates (subject to hydrolysis) is 1. The number of hydrogen-bond donors (Lipinski definition) is 4. The van der Waals surface area contributed by atoms with Crippen molar-refractivity contribution in [3.05, 3.63) is 48.5 Å². The van der Waals surface area contributed by atoms with E-state index in [-0.39, 0.29) is 18.5 Å². The highest BCUT2D eigenvalue weighted by Gasteiger charge is 2.12. The van der Waals surface area contributed by atoms with Crippen LogP contribution < -0.4 is 20.7 Å². The molecular weight excluding hydrogens is 352 g/mol. The van der Waals surface area contributed by atoms with E-state index in [1.807, 2.05) is 18.2 Å². The topological polar surface area (TPSA) is 122 Å². The average Bonchev–Trinajstić information content (AvgIpc) is 2.64. The lowest BCUT2D eigenvalue weighted by Gasteiger charge is -2.15. The highest BCUT2D eigenvalue weighted by atomic mass is 16.5. The largest absolute Gasteiger partial charge is 0.457 e. The second-order valence-corrected chi connectivity index (χ2v) is 5.22. The molecule has 0 atom stereocenters. The first kappa shape index (κ1) is 19.7. The Labute approximate surface area is 156 Å². The van der Waals surface area contributed by atoms with Crippen LogP contribution in [0, 0.1) is 5.41 Å². The molecule has 0 unspecified atom stereocenters. The minimum atomic E-state index is -0.797. The van der Waals surface area contributed by atoms with Crippen LogP contribution in [-0.4, -0.2) is 38.8 Å². The normalized spacial score (nSPS) is 9.85. The Kier molecular flexibility index (Phi) is 7.15. The summed E-state index contributed by atoms with van der Waals surface area (Å²) in [6.07, 6.45) is -0.797. The van der Waals surface area contributed by atoms with Crippen LogP contribution in [0.4, 0.5) is 16.2 Å². The average molecular weight is 372 g/mol. The molecule has 2 aromatic rings. The molecule has 2 aromatic carbocycles. The number of anilines is 2. The summed E-state index contributed by atoms with van der Waals surface area (Å²) in [5, 5.41) is 15.3. The minimum Gasteiger partial charge on any atom is -0.457 e. The molecule has 0 saturated carbocycles. The van der Waals surface area contributed by atoms with Crippen LogP contribution >= 0.6 is 0 Å². The highest BCUT2D eigenvalue weighted by molar-refractivity contribution is 6.04. The molecule has 2 amide bonds. The number of nitrogens with one attached hydrogen (secondary N) is 4. The van der Waals surface area contributed by atoms with Crippen molar-refractivity contribution in [2.75, 3.05) is 31.5 Å². The number of methoxy groups -OCH3 is 2. The minimum absolute atomic E-state index is 0.125. The Hall–Kier alpha value is -3.59. The molecule has 0 aliphatic heterocycles. The van der Waals surface area contributed by atoms with E-state index < -0.39 is 6.09 Å². The molecule has 0 fully saturated rings. The summed E-state index contributed by atoms with van der Waals surface area (Å²) in [5.41, 5.74) is 0.725. The standard InChI is InChI=1S/C18H20N4O5/c1-25-11-16(23)20-14-9-8-13(27-12-6-4-3-5-7-12)10-15(14)21-17(19)22-18(24)26-2/h3-10H,11H2,1-2H3,(H,20,23)(H3,19,21,22,24). The summed E-state index contributed by atoms with van der Waals surface area (Å²) in [6.45, 7) is -0.125. The van der Waals surface area contributed by atoms with Crippen LogP contribution in [0.1, 0.15) is 0 Å². The Morgan fingerprint density at radius 3 is 2.37 bits per heavy atom. The molecule has 0 aliphatic rings. The monoisotopic (exact) mass is 372 g/mol. The van der Waals surface area contributed by atoms with Crippen molar-refractivity contribution >= 4 is 29.3 Å². The number of hydrogen-bond acceptors (Lipinski definition) is 6. The van der Waals surface area contributed by atoms with Gasteiger partial charge in [0.15, 0.2) is 0 Å². The van der Waals surface area contributed by atoms with Crippen LogP contribution in [0.25, 0.3) is 0 Å². The molecule has 142 valence electrons. The van der Waals surface area contributed by atoms with Crippen LogP contribution in [0.15, 0.2) is 48.5 Å². The van der Waals surface area contributed by atoms with Crippen molar-refractivity contribution in [3.63, 3.8) is 0 Å². The van der Waals surface area contributed by atoms with Gasteiger partial charge in [0.2, 0.25) is 11.9 Å². The number of rotatable bonds is 6. The number of amides is 2. The fourth-order valence-corrected chi connectivity index (χ4v) is 2.06. The lowest BCUT2D eigenvalue weighted by molar-refractivity contribution is -0.119. The summed E-state index contributed by atoms with van der Waals surface area (Å²) in [6, 6.07) is 14.0. The van der Waals surface area contributed by atoms with E-state index in [1.165, 1.54) is 14.2 Å². The molecule has 0 radical (unpaired) electrons. The van der Waals surface area contributed by atoms with Crippen molar-refractivity contribution in [3.8, 4) is 11.5 Å². The molecular formula is C18H20N4O5. The summed E-state index contributed by atoms with van der Waals surface area (Å²) in [7, 11) is 2.60. The van der Waals surface area contributed by atoms with Gasteiger partial charge in [-0.15, -0.1) is 0 Å². The molecule has 0 heterocycles. The fraction of sp³-hybridized carbons (Fsp3) is 0.167. The van der Waals surface area contributed by atoms with Gasteiger partial charge in [0.05, 0.1) is 18.5 Å². The van der Waals surface area contributed by atoms with Gasteiger partial charge in [-0.3, -0.25) is 15.5 Å². The summed E-state index contributed by atoms with van der Waals surface area (Å²) < 4.78 is 15.0. The van der Waals surface area contributed by atoms with E-state index in [0.717, 1.165) is 0 Å². The van der Waals surface area contributed by atoms with E-state index >= 15 is 0 Å².